The first-order valence-corrected chi connectivity index (χ1v) is 8.40. The minimum atomic E-state index is -0.703. The molecule has 0 heterocycles. The number of carbonyl (C=O) groups excluding carboxylic acids is 2. The summed E-state index contributed by atoms with van der Waals surface area (Å²) in [5.41, 5.74) is 0.495. The Hall–Kier alpha value is -3.24. The van der Waals surface area contributed by atoms with Gasteiger partial charge in [0, 0.05) is 5.02 Å². The van der Waals surface area contributed by atoms with E-state index in [9.17, 15) is 9.59 Å². The van der Waals surface area contributed by atoms with Gasteiger partial charge in [-0.15, -0.1) is 0 Å². The van der Waals surface area contributed by atoms with E-state index in [4.69, 9.17) is 31.1 Å². The highest BCUT2D eigenvalue weighted by Crippen LogP contribution is 2.20. The molecule has 2 aromatic carbocycles. The van der Waals surface area contributed by atoms with Crippen LogP contribution >= 0.6 is 11.6 Å². The van der Waals surface area contributed by atoms with Gasteiger partial charge in [0.25, 0.3) is 5.91 Å². The Morgan fingerprint density at radius 2 is 1.74 bits per heavy atom. The number of ether oxygens (including phenoxy) is 3. The first-order valence-electron chi connectivity index (χ1n) is 8.02. The Kier molecular flexibility index (Phi) is 7.47. The number of carbonyl (C=O) groups is 2. The standard InChI is InChI=1S/C19H17ClN2O5/c1-2-25-15-5-7-16(8-6-15)26-12-19(24)27-11-18(23)22-17-9-14(20)4-3-13(17)10-21/h3-9H,2,11-12H2,1H3,(H,22,23). The Morgan fingerprint density at radius 3 is 2.37 bits per heavy atom. The maximum absolute atomic E-state index is 11.9. The summed E-state index contributed by atoms with van der Waals surface area (Å²) in [6.07, 6.45) is 0. The van der Waals surface area contributed by atoms with Crippen molar-refractivity contribution in [2.45, 2.75) is 6.92 Å². The summed E-state index contributed by atoms with van der Waals surface area (Å²) in [4.78, 5) is 23.6. The molecule has 0 aliphatic heterocycles. The van der Waals surface area contributed by atoms with Gasteiger partial charge in [-0.1, -0.05) is 11.6 Å². The van der Waals surface area contributed by atoms with Crippen LogP contribution in [-0.2, 0) is 14.3 Å². The molecule has 0 saturated heterocycles. The van der Waals surface area contributed by atoms with E-state index in [2.05, 4.69) is 5.32 Å². The van der Waals surface area contributed by atoms with Crippen molar-refractivity contribution in [3.63, 3.8) is 0 Å². The number of hydrogen-bond acceptors (Lipinski definition) is 6. The Balaban J connectivity index is 1.77. The third kappa shape index (κ3) is 6.53. The Labute approximate surface area is 161 Å². The van der Waals surface area contributed by atoms with Crippen LogP contribution in [0.5, 0.6) is 11.5 Å². The van der Waals surface area contributed by atoms with Crippen molar-refractivity contribution in [2.24, 2.45) is 0 Å². The fourth-order valence-electron chi connectivity index (χ4n) is 2.03. The van der Waals surface area contributed by atoms with Gasteiger partial charge in [-0.25, -0.2) is 4.79 Å². The molecule has 2 aromatic rings. The predicted octanol–water partition coefficient (Wildman–Crippen LogP) is 3.17. The number of nitrogens with one attached hydrogen (secondary N) is 1. The molecule has 0 aliphatic carbocycles. The molecule has 0 aliphatic rings. The number of rotatable bonds is 8. The zero-order valence-electron chi connectivity index (χ0n) is 14.5. The van der Waals surface area contributed by atoms with Gasteiger partial charge in [0.15, 0.2) is 13.2 Å². The number of nitrogens with zero attached hydrogens (tertiary/aromatic N) is 1. The van der Waals surface area contributed by atoms with E-state index >= 15 is 0 Å². The lowest BCUT2D eigenvalue weighted by atomic mass is 10.2. The highest BCUT2D eigenvalue weighted by molar-refractivity contribution is 6.31. The molecular weight excluding hydrogens is 372 g/mol. The molecule has 1 amide bonds. The number of nitriles is 1. The predicted molar refractivity (Wildman–Crippen MR) is 98.9 cm³/mol. The number of hydrogen-bond donors (Lipinski definition) is 1. The van der Waals surface area contributed by atoms with Crippen molar-refractivity contribution in [3.05, 3.63) is 53.1 Å². The van der Waals surface area contributed by atoms with Crippen molar-refractivity contribution < 1.29 is 23.8 Å². The van der Waals surface area contributed by atoms with Crippen LogP contribution in [0.2, 0.25) is 5.02 Å². The lowest BCUT2D eigenvalue weighted by Crippen LogP contribution is -2.24. The maximum Gasteiger partial charge on any atom is 0.344 e. The smallest absolute Gasteiger partial charge is 0.344 e. The highest BCUT2D eigenvalue weighted by Gasteiger charge is 2.11. The molecule has 1 N–H and O–H groups in total. The minimum Gasteiger partial charge on any atom is -0.494 e. The monoisotopic (exact) mass is 388 g/mol. The first kappa shape index (κ1) is 20.1. The lowest BCUT2D eigenvalue weighted by Gasteiger charge is -2.09. The summed E-state index contributed by atoms with van der Waals surface area (Å²) >= 11 is 5.84. The minimum absolute atomic E-state index is 0.247. The summed E-state index contributed by atoms with van der Waals surface area (Å²) < 4.78 is 15.4. The molecule has 0 fully saturated rings. The summed E-state index contributed by atoms with van der Waals surface area (Å²) in [6.45, 7) is 1.58. The molecule has 0 spiro atoms. The average molecular weight is 389 g/mol. The molecule has 0 atom stereocenters. The molecule has 0 saturated carbocycles. The topological polar surface area (TPSA) is 97.7 Å². The van der Waals surface area contributed by atoms with Crippen LogP contribution in [0.1, 0.15) is 12.5 Å². The number of benzene rings is 2. The lowest BCUT2D eigenvalue weighted by molar-refractivity contribution is -0.149. The Morgan fingerprint density at radius 1 is 1.07 bits per heavy atom. The van der Waals surface area contributed by atoms with E-state index in [0.29, 0.717) is 23.1 Å². The third-order valence-electron chi connectivity index (χ3n) is 3.23. The Bertz CT molecular complexity index is 846. The zero-order chi connectivity index (χ0) is 19.6. The normalized spacial score (nSPS) is 9.81. The van der Waals surface area contributed by atoms with E-state index in [1.165, 1.54) is 18.2 Å². The van der Waals surface area contributed by atoms with Crippen LogP contribution in [0, 0.1) is 11.3 Å². The molecule has 2 rings (SSSR count). The van der Waals surface area contributed by atoms with Gasteiger partial charge in [-0.05, 0) is 49.4 Å². The van der Waals surface area contributed by atoms with Crippen LogP contribution < -0.4 is 14.8 Å². The van der Waals surface area contributed by atoms with Gasteiger partial charge >= 0.3 is 5.97 Å². The highest BCUT2D eigenvalue weighted by atomic mass is 35.5. The molecule has 0 bridgehead atoms. The molecule has 0 unspecified atom stereocenters. The van der Waals surface area contributed by atoms with E-state index in [-0.39, 0.29) is 17.9 Å². The van der Waals surface area contributed by atoms with Gasteiger partial charge in [0.1, 0.15) is 17.6 Å². The molecule has 140 valence electrons. The van der Waals surface area contributed by atoms with Crippen molar-refractivity contribution in [1.29, 1.82) is 5.26 Å². The molecule has 0 aromatic heterocycles. The number of halogens is 1. The summed E-state index contributed by atoms with van der Waals surface area (Å²) in [5.74, 6) is -0.131. The fourth-order valence-corrected chi connectivity index (χ4v) is 2.20. The molecule has 8 heteroatoms. The molecule has 27 heavy (non-hydrogen) atoms. The number of amides is 1. The van der Waals surface area contributed by atoms with Crippen LogP contribution in [0.4, 0.5) is 5.69 Å². The first-order chi connectivity index (χ1) is 13.0. The van der Waals surface area contributed by atoms with Crippen molar-refractivity contribution in [2.75, 3.05) is 25.1 Å². The number of anilines is 1. The average Bonchev–Trinajstić information content (AvgIpc) is 2.66. The van der Waals surface area contributed by atoms with Crippen LogP contribution in [-0.4, -0.2) is 31.7 Å². The largest absolute Gasteiger partial charge is 0.494 e. The SMILES string of the molecule is CCOc1ccc(OCC(=O)OCC(=O)Nc2cc(Cl)ccc2C#N)cc1. The quantitative estimate of drug-likeness (QED) is 0.697. The second kappa shape index (κ2) is 10.0. The van der Waals surface area contributed by atoms with Gasteiger partial charge in [-0.3, -0.25) is 4.79 Å². The van der Waals surface area contributed by atoms with Crippen molar-refractivity contribution >= 4 is 29.2 Å². The molecule has 7 nitrogen and oxygen atoms in total. The summed E-state index contributed by atoms with van der Waals surface area (Å²) in [5, 5.41) is 11.8. The second-order valence-corrected chi connectivity index (χ2v) is 5.64. The number of esters is 1. The summed E-state index contributed by atoms with van der Waals surface area (Å²) in [7, 11) is 0. The van der Waals surface area contributed by atoms with Crippen LogP contribution in [0.15, 0.2) is 42.5 Å². The molecule has 0 radical (unpaired) electrons. The zero-order valence-corrected chi connectivity index (χ0v) is 15.3. The third-order valence-corrected chi connectivity index (χ3v) is 3.47. The molecular formula is C19H17ClN2O5. The van der Waals surface area contributed by atoms with Crippen molar-refractivity contribution in [3.8, 4) is 17.6 Å². The van der Waals surface area contributed by atoms with E-state index in [0.717, 1.165) is 0 Å². The summed E-state index contributed by atoms with van der Waals surface area (Å²) in [6, 6.07) is 13.1. The van der Waals surface area contributed by atoms with Crippen LogP contribution in [0.25, 0.3) is 0 Å². The van der Waals surface area contributed by atoms with Crippen LogP contribution in [0.3, 0.4) is 0 Å². The maximum atomic E-state index is 11.9. The van der Waals surface area contributed by atoms with Gasteiger partial charge < -0.3 is 19.5 Å². The van der Waals surface area contributed by atoms with E-state index in [1.807, 2.05) is 13.0 Å². The fraction of sp³-hybridized carbons (Fsp3) is 0.211. The van der Waals surface area contributed by atoms with Gasteiger partial charge in [-0.2, -0.15) is 5.26 Å². The van der Waals surface area contributed by atoms with E-state index < -0.39 is 18.5 Å². The van der Waals surface area contributed by atoms with Gasteiger partial charge in [0.2, 0.25) is 0 Å². The van der Waals surface area contributed by atoms with E-state index in [1.54, 1.807) is 24.3 Å². The van der Waals surface area contributed by atoms with Gasteiger partial charge in [0.05, 0.1) is 17.9 Å². The second-order valence-electron chi connectivity index (χ2n) is 5.20. The van der Waals surface area contributed by atoms with Crippen molar-refractivity contribution in [1.82, 2.24) is 0 Å².